The maximum atomic E-state index is 9.46. The molecule has 0 aliphatic rings. The molecular formula is C22H24ClN5O2S. The lowest BCUT2D eigenvalue weighted by molar-refractivity contribution is 0.276. The first-order valence-corrected chi connectivity index (χ1v) is 11.6. The van der Waals surface area contributed by atoms with Gasteiger partial charge in [0.05, 0.1) is 23.4 Å². The quantitative estimate of drug-likeness (QED) is 0.359. The van der Waals surface area contributed by atoms with Crippen LogP contribution >= 0.6 is 23.4 Å². The Morgan fingerprint density at radius 1 is 1.10 bits per heavy atom. The number of thioether (sulfide) groups is 1. The number of aromatic nitrogens is 4. The van der Waals surface area contributed by atoms with E-state index in [1.54, 1.807) is 0 Å². The Balaban J connectivity index is 1.49. The Morgan fingerprint density at radius 2 is 1.87 bits per heavy atom. The molecule has 0 saturated heterocycles. The van der Waals surface area contributed by atoms with E-state index < -0.39 is 0 Å². The van der Waals surface area contributed by atoms with Crippen LogP contribution in [0.1, 0.15) is 19.7 Å². The molecule has 0 aliphatic carbocycles. The lowest BCUT2D eigenvalue weighted by atomic mass is 10.2. The first kappa shape index (κ1) is 21.7. The van der Waals surface area contributed by atoms with Crippen LogP contribution in [0.2, 0.25) is 5.02 Å². The molecule has 7 nitrogen and oxygen atoms in total. The van der Waals surface area contributed by atoms with E-state index in [-0.39, 0.29) is 6.61 Å². The Hall–Kier alpha value is -2.55. The van der Waals surface area contributed by atoms with E-state index in [1.807, 2.05) is 34.9 Å². The number of aliphatic hydroxyl groups excluding tert-OH is 1. The second-order valence-electron chi connectivity index (χ2n) is 6.92. The van der Waals surface area contributed by atoms with Gasteiger partial charge in [0.2, 0.25) is 5.89 Å². The number of nitrogens with zero attached hydrogens (tertiary/aromatic N) is 5. The summed E-state index contributed by atoms with van der Waals surface area (Å²) in [5.41, 5.74) is 3.80. The zero-order valence-corrected chi connectivity index (χ0v) is 19.0. The number of rotatable bonds is 9. The summed E-state index contributed by atoms with van der Waals surface area (Å²) < 4.78 is 7.83. The van der Waals surface area contributed by atoms with Gasteiger partial charge in [0.1, 0.15) is 5.82 Å². The van der Waals surface area contributed by atoms with E-state index in [0.29, 0.717) is 28.4 Å². The lowest BCUT2D eigenvalue weighted by Crippen LogP contribution is -2.21. The minimum atomic E-state index is 0.0177. The van der Waals surface area contributed by atoms with Crippen LogP contribution in [-0.4, -0.2) is 44.6 Å². The van der Waals surface area contributed by atoms with Gasteiger partial charge < -0.3 is 19.0 Å². The first-order chi connectivity index (χ1) is 15.1. The predicted octanol–water partition coefficient (Wildman–Crippen LogP) is 4.87. The maximum Gasteiger partial charge on any atom is 0.277 e. The lowest BCUT2D eigenvalue weighted by Gasteiger charge is -2.20. The molecule has 31 heavy (non-hydrogen) atoms. The van der Waals surface area contributed by atoms with Crippen molar-refractivity contribution >= 4 is 40.1 Å². The second kappa shape index (κ2) is 9.72. The summed E-state index contributed by atoms with van der Waals surface area (Å²) in [7, 11) is 0. The minimum Gasteiger partial charge on any atom is -0.411 e. The summed E-state index contributed by atoms with van der Waals surface area (Å²) >= 11 is 7.55. The monoisotopic (exact) mass is 457 g/mol. The molecule has 0 spiro atoms. The van der Waals surface area contributed by atoms with E-state index in [0.717, 1.165) is 35.5 Å². The van der Waals surface area contributed by atoms with E-state index in [2.05, 4.69) is 46.1 Å². The number of aliphatic hydroxyl groups is 1. The fourth-order valence-electron chi connectivity index (χ4n) is 3.52. The average molecular weight is 458 g/mol. The minimum absolute atomic E-state index is 0.0177. The van der Waals surface area contributed by atoms with Crippen molar-refractivity contribution in [1.82, 2.24) is 19.7 Å². The third-order valence-electron chi connectivity index (χ3n) is 5.09. The van der Waals surface area contributed by atoms with Gasteiger partial charge in [-0.2, -0.15) is 0 Å². The molecule has 0 aliphatic heterocycles. The highest BCUT2D eigenvalue weighted by Crippen LogP contribution is 2.29. The molecule has 0 atom stereocenters. The Morgan fingerprint density at radius 3 is 2.58 bits per heavy atom. The molecule has 0 amide bonds. The SMILES string of the molecule is CCN(CC)c1ccc(-c2nnc(SCc3nc4ccc(Cl)cc4n3CCO)o2)cc1. The third kappa shape index (κ3) is 4.71. The van der Waals surface area contributed by atoms with Crippen LogP contribution in [0, 0.1) is 0 Å². The van der Waals surface area contributed by atoms with Crippen LogP contribution in [0.15, 0.2) is 52.1 Å². The standard InChI is InChI=1S/C22H24ClN5O2S/c1-3-27(4-2)17-8-5-15(6-9-17)21-25-26-22(30-21)31-14-20-24-18-10-7-16(23)13-19(18)28(20)11-12-29/h5-10,13,29H,3-4,11-12,14H2,1-2H3. The molecule has 0 saturated carbocycles. The van der Waals surface area contributed by atoms with Crippen molar-refractivity contribution in [3.8, 4) is 11.5 Å². The number of imidazole rings is 1. The van der Waals surface area contributed by atoms with Gasteiger partial charge in [-0.3, -0.25) is 0 Å². The van der Waals surface area contributed by atoms with Crippen molar-refractivity contribution in [3.05, 3.63) is 53.3 Å². The Bertz CT molecular complexity index is 1150. The van der Waals surface area contributed by atoms with Gasteiger partial charge >= 0.3 is 0 Å². The molecule has 4 rings (SSSR count). The van der Waals surface area contributed by atoms with Gasteiger partial charge in [0, 0.05) is 35.9 Å². The molecule has 2 aromatic heterocycles. The van der Waals surface area contributed by atoms with E-state index in [4.69, 9.17) is 16.0 Å². The fraction of sp³-hybridized carbons (Fsp3) is 0.318. The third-order valence-corrected chi connectivity index (χ3v) is 6.14. The summed E-state index contributed by atoms with van der Waals surface area (Å²) in [6.45, 7) is 6.67. The molecule has 1 N–H and O–H groups in total. The van der Waals surface area contributed by atoms with Crippen LogP contribution < -0.4 is 4.90 Å². The normalized spacial score (nSPS) is 11.4. The zero-order chi connectivity index (χ0) is 21.8. The Labute approximate surface area is 190 Å². The predicted molar refractivity (Wildman–Crippen MR) is 125 cm³/mol. The van der Waals surface area contributed by atoms with Crippen LogP contribution in [-0.2, 0) is 12.3 Å². The Kier molecular flexibility index (Phi) is 6.80. The number of halogens is 1. The molecule has 0 bridgehead atoms. The summed E-state index contributed by atoms with van der Waals surface area (Å²) in [6.07, 6.45) is 0. The summed E-state index contributed by atoms with van der Waals surface area (Å²) in [5, 5.41) is 18.9. The van der Waals surface area contributed by atoms with Gasteiger partial charge in [-0.05, 0) is 56.3 Å². The van der Waals surface area contributed by atoms with Crippen molar-refractivity contribution in [2.75, 3.05) is 24.6 Å². The first-order valence-electron chi connectivity index (χ1n) is 10.2. The van der Waals surface area contributed by atoms with Crippen LogP contribution in [0.3, 0.4) is 0 Å². The zero-order valence-electron chi connectivity index (χ0n) is 17.5. The summed E-state index contributed by atoms with van der Waals surface area (Å²) in [6, 6.07) is 13.7. The van der Waals surface area contributed by atoms with Crippen LogP contribution in [0.5, 0.6) is 0 Å². The number of anilines is 1. The molecule has 4 aromatic rings. The molecule has 0 fully saturated rings. The number of hydrogen-bond acceptors (Lipinski definition) is 7. The smallest absolute Gasteiger partial charge is 0.277 e. The molecule has 162 valence electrons. The van der Waals surface area contributed by atoms with Crippen molar-refractivity contribution < 1.29 is 9.52 Å². The van der Waals surface area contributed by atoms with Gasteiger partial charge in [-0.15, -0.1) is 10.2 Å². The molecule has 2 heterocycles. The van der Waals surface area contributed by atoms with Crippen LogP contribution in [0.25, 0.3) is 22.5 Å². The van der Waals surface area contributed by atoms with E-state index in [9.17, 15) is 5.11 Å². The van der Waals surface area contributed by atoms with E-state index in [1.165, 1.54) is 17.4 Å². The van der Waals surface area contributed by atoms with Crippen molar-refractivity contribution in [2.24, 2.45) is 0 Å². The topological polar surface area (TPSA) is 80.2 Å². The summed E-state index contributed by atoms with van der Waals surface area (Å²) in [5.74, 6) is 1.85. The van der Waals surface area contributed by atoms with Gasteiger partial charge in [0.15, 0.2) is 0 Å². The molecule has 0 unspecified atom stereocenters. The highest BCUT2D eigenvalue weighted by molar-refractivity contribution is 7.98. The number of benzene rings is 2. The number of fused-ring (bicyclic) bond motifs is 1. The van der Waals surface area contributed by atoms with E-state index >= 15 is 0 Å². The van der Waals surface area contributed by atoms with Gasteiger partial charge in [-0.1, -0.05) is 23.4 Å². The van der Waals surface area contributed by atoms with Crippen molar-refractivity contribution in [3.63, 3.8) is 0 Å². The molecular weight excluding hydrogens is 434 g/mol. The van der Waals surface area contributed by atoms with Crippen molar-refractivity contribution in [1.29, 1.82) is 0 Å². The number of hydrogen-bond donors (Lipinski definition) is 1. The van der Waals surface area contributed by atoms with Crippen molar-refractivity contribution in [2.45, 2.75) is 31.4 Å². The fourth-order valence-corrected chi connectivity index (χ4v) is 4.40. The van der Waals surface area contributed by atoms with Gasteiger partial charge in [0.25, 0.3) is 5.22 Å². The molecule has 0 radical (unpaired) electrons. The average Bonchev–Trinajstić information content (AvgIpc) is 3.39. The van der Waals surface area contributed by atoms with Crippen LogP contribution in [0.4, 0.5) is 5.69 Å². The highest BCUT2D eigenvalue weighted by Gasteiger charge is 2.15. The summed E-state index contributed by atoms with van der Waals surface area (Å²) in [4.78, 5) is 6.95. The highest BCUT2D eigenvalue weighted by atomic mass is 35.5. The van der Waals surface area contributed by atoms with Gasteiger partial charge in [-0.25, -0.2) is 4.98 Å². The second-order valence-corrected chi connectivity index (χ2v) is 8.28. The largest absolute Gasteiger partial charge is 0.411 e. The molecule has 2 aromatic carbocycles. The molecule has 9 heteroatoms. The maximum absolute atomic E-state index is 9.46.